The number of hydrogen-bond donors (Lipinski definition) is 1. The zero-order chi connectivity index (χ0) is 12.6. The molecule has 17 heavy (non-hydrogen) atoms. The van der Waals surface area contributed by atoms with Crippen molar-refractivity contribution in [1.82, 2.24) is 9.55 Å². The van der Waals surface area contributed by atoms with E-state index < -0.39 is 11.5 Å². The minimum Gasteiger partial charge on any atom is -0.480 e. The number of hydrogen-bond acceptors (Lipinski definition) is 3. The first kappa shape index (κ1) is 11.3. The van der Waals surface area contributed by atoms with E-state index in [4.69, 9.17) is 0 Å². The van der Waals surface area contributed by atoms with Crippen molar-refractivity contribution in [2.45, 2.75) is 19.4 Å². The molecule has 1 aromatic heterocycles. The molecule has 0 aliphatic rings. The zero-order valence-corrected chi connectivity index (χ0v) is 9.54. The summed E-state index contributed by atoms with van der Waals surface area (Å²) < 4.78 is 1.49. The van der Waals surface area contributed by atoms with E-state index in [9.17, 15) is 14.7 Å². The van der Waals surface area contributed by atoms with Crippen molar-refractivity contribution >= 4 is 16.9 Å². The third-order valence-corrected chi connectivity index (χ3v) is 2.81. The van der Waals surface area contributed by atoms with Crippen molar-refractivity contribution in [2.75, 3.05) is 0 Å². The Hall–Kier alpha value is -2.17. The third-order valence-electron chi connectivity index (χ3n) is 2.81. The van der Waals surface area contributed by atoms with Crippen LogP contribution in [0, 0.1) is 0 Å². The quantitative estimate of drug-likeness (QED) is 0.844. The maximum Gasteiger partial charge on any atom is 0.329 e. The molecule has 2 aromatic rings. The summed E-state index contributed by atoms with van der Waals surface area (Å²) in [6.45, 7) is 3.13. The summed E-state index contributed by atoms with van der Waals surface area (Å²) in [4.78, 5) is 26.5. The number of rotatable bonds is 2. The zero-order valence-electron chi connectivity index (χ0n) is 9.54. The highest BCUT2D eigenvalue weighted by molar-refractivity contribution is 5.82. The smallest absolute Gasteiger partial charge is 0.329 e. The number of carboxylic acid groups (broad SMARTS) is 1. The summed E-state index contributed by atoms with van der Waals surface area (Å²) in [5.74, 6) is -0.979. The lowest BCUT2D eigenvalue weighted by Gasteiger charge is -2.24. The molecule has 1 aromatic carbocycles. The summed E-state index contributed by atoms with van der Waals surface area (Å²) >= 11 is 0. The molecule has 0 radical (unpaired) electrons. The molecule has 0 amide bonds. The van der Waals surface area contributed by atoms with Crippen LogP contribution < -0.4 is 5.56 Å². The molecule has 0 atom stereocenters. The number of aromatic nitrogens is 2. The van der Waals surface area contributed by atoms with Crippen LogP contribution in [-0.4, -0.2) is 20.6 Å². The molecule has 0 saturated heterocycles. The molecule has 0 fully saturated rings. The summed E-state index contributed by atoms with van der Waals surface area (Å²) in [5.41, 5.74) is -0.932. The topological polar surface area (TPSA) is 72.2 Å². The van der Waals surface area contributed by atoms with Crippen LogP contribution in [0.1, 0.15) is 13.8 Å². The number of nitrogens with zero attached hydrogens (tertiary/aromatic N) is 2. The summed E-state index contributed by atoms with van der Waals surface area (Å²) in [7, 11) is 0. The Labute approximate surface area is 97.3 Å². The first-order valence-corrected chi connectivity index (χ1v) is 5.15. The third kappa shape index (κ3) is 1.69. The average Bonchev–Trinajstić information content (AvgIpc) is 2.29. The average molecular weight is 232 g/mol. The van der Waals surface area contributed by atoms with Gasteiger partial charge >= 0.3 is 5.97 Å². The molecular weight excluding hydrogens is 220 g/mol. The molecule has 0 bridgehead atoms. The van der Waals surface area contributed by atoms with Gasteiger partial charge in [0.05, 0.1) is 10.9 Å². The predicted octanol–water partition coefficient (Wildman–Crippen LogP) is 1.22. The van der Waals surface area contributed by atoms with Crippen molar-refractivity contribution in [2.24, 2.45) is 0 Å². The van der Waals surface area contributed by atoms with E-state index in [-0.39, 0.29) is 5.56 Å². The molecule has 0 unspecified atom stereocenters. The first-order chi connectivity index (χ1) is 7.94. The molecule has 1 N–H and O–H groups in total. The monoisotopic (exact) mass is 232 g/mol. The van der Waals surface area contributed by atoms with Crippen LogP contribution in [0.5, 0.6) is 0 Å². The molecule has 5 nitrogen and oxygen atoms in total. The van der Waals surface area contributed by atoms with E-state index in [0.29, 0.717) is 10.9 Å². The van der Waals surface area contributed by atoms with E-state index in [0.717, 1.165) is 0 Å². The minimum atomic E-state index is -1.15. The van der Waals surface area contributed by atoms with Crippen LogP contribution in [0.25, 0.3) is 10.9 Å². The second-order valence-corrected chi connectivity index (χ2v) is 4.30. The molecule has 0 spiro atoms. The van der Waals surface area contributed by atoms with Crippen LogP contribution in [0.2, 0.25) is 0 Å². The predicted molar refractivity (Wildman–Crippen MR) is 63.0 cm³/mol. The first-order valence-electron chi connectivity index (χ1n) is 5.15. The highest BCUT2D eigenvalue weighted by Crippen LogP contribution is 2.20. The fourth-order valence-electron chi connectivity index (χ4n) is 1.65. The molecule has 2 rings (SSSR count). The molecule has 5 heteroatoms. The van der Waals surface area contributed by atoms with Gasteiger partial charge in [-0.3, -0.25) is 4.79 Å². The molecule has 0 aliphatic carbocycles. The van der Waals surface area contributed by atoms with Gasteiger partial charge in [-0.25, -0.2) is 4.79 Å². The SMILES string of the molecule is CC(C)(C(=O)O)n1cnc(=O)c2ccccc21. The van der Waals surface area contributed by atoms with Gasteiger partial charge in [0.25, 0.3) is 5.56 Å². The van der Waals surface area contributed by atoms with E-state index >= 15 is 0 Å². The number of fused-ring (bicyclic) bond motifs is 1. The van der Waals surface area contributed by atoms with E-state index in [1.54, 1.807) is 38.1 Å². The van der Waals surface area contributed by atoms with Crippen molar-refractivity contribution in [3.8, 4) is 0 Å². The Bertz CT molecular complexity index is 643. The maximum absolute atomic E-state index is 11.6. The maximum atomic E-state index is 11.6. The highest BCUT2D eigenvalue weighted by Gasteiger charge is 2.30. The molecule has 1 heterocycles. The molecule has 0 aliphatic heterocycles. The number of benzene rings is 1. The normalized spacial score (nSPS) is 11.6. The van der Waals surface area contributed by atoms with E-state index in [1.165, 1.54) is 10.9 Å². The van der Waals surface area contributed by atoms with Gasteiger partial charge in [0.15, 0.2) is 0 Å². The Morgan fingerprint density at radius 1 is 1.35 bits per heavy atom. The number of aliphatic carboxylic acids is 1. The van der Waals surface area contributed by atoms with Crippen LogP contribution >= 0.6 is 0 Å². The fraction of sp³-hybridized carbons (Fsp3) is 0.250. The van der Waals surface area contributed by atoms with Crippen LogP contribution in [0.4, 0.5) is 0 Å². The standard InChI is InChI=1S/C12H12N2O3/c1-12(2,11(16)17)14-7-13-10(15)8-5-3-4-6-9(8)14/h3-7H,1-2H3,(H,16,17). The van der Waals surface area contributed by atoms with E-state index in [2.05, 4.69) is 4.98 Å². The van der Waals surface area contributed by atoms with Crippen LogP contribution in [-0.2, 0) is 10.3 Å². The largest absolute Gasteiger partial charge is 0.480 e. The van der Waals surface area contributed by atoms with Crippen LogP contribution in [0.3, 0.4) is 0 Å². The highest BCUT2D eigenvalue weighted by atomic mass is 16.4. The van der Waals surface area contributed by atoms with Crippen molar-refractivity contribution in [3.63, 3.8) is 0 Å². The van der Waals surface area contributed by atoms with Gasteiger partial charge in [-0.2, -0.15) is 4.98 Å². The lowest BCUT2D eigenvalue weighted by Crippen LogP contribution is -2.37. The van der Waals surface area contributed by atoms with Gasteiger partial charge < -0.3 is 9.67 Å². The summed E-state index contributed by atoms with van der Waals surface area (Å²) in [6.07, 6.45) is 1.28. The molecular formula is C12H12N2O3. The molecule has 0 saturated carbocycles. The van der Waals surface area contributed by atoms with Crippen LogP contribution in [0.15, 0.2) is 35.4 Å². The second kappa shape index (κ2) is 3.69. The lowest BCUT2D eigenvalue weighted by molar-refractivity contribution is -0.145. The van der Waals surface area contributed by atoms with Gasteiger partial charge in [-0.05, 0) is 26.0 Å². The van der Waals surface area contributed by atoms with Gasteiger partial charge in [-0.15, -0.1) is 0 Å². The lowest BCUT2D eigenvalue weighted by atomic mass is 10.0. The van der Waals surface area contributed by atoms with Gasteiger partial charge in [0.1, 0.15) is 11.9 Å². The second-order valence-electron chi connectivity index (χ2n) is 4.30. The Morgan fingerprint density at radius 3 is 2.65 bits per heavy atom. The minimum absolute atomic E-state index is 0.349. The van der Waals surface area contributed by atoms with Crippen molar-refractivity contribution in [1.29, 1.82) is 0 Å². The summed E-state index contributed by atoms with van der Waals surface area (Å²) in [5, 5.41) is 9.62. The summed E-state index contributed by atoms with van der Waals surface area (Å²) in [6, 6.07) is 6.84. The van der Waals surface area contributed by atoms with Gasteiger partial charge in [0, 0.05) is 0 Å². The number of carboxylic acids is 1. The number of para-hydroxylation sites is 1. The number of carbonyl (C=O) groups is 1. The fourth-order valence-corrected chi connectivity index (χ4v) is 1.65. The van der Waals surface area contributed by atoms with Gasteiger partial charge in [0.2, 0.25) is 0 Å². The Kier molecular flexibility index (Phi) is 2.46. The van der Waals surface area contributed by atoms with Crippen molar-refractivity contribution < 1.29 is 9.90 Å². The molecule has 88 valence electrons. The van der Waals surface area contributed by atoms with Gasteiger partial charge in [-0.1, -0.05) is 12.1 Å². The van der Waals surface area contributed by atoms with E-state index in [1.807, 2.05) is 0 Å². The van der Waals surface area contributed by atoms with Crippen molar-refractivity contribution in [3.05, 3.63) is 40.9 Å². The Balaban J connectivity index is 2.85. The Morgan fingerprint density at radius 2 is 2.00 bits per heavy atom.